The minimum atomic E-state index is -0.839. The number of hydrogen-bond donors (Lipinski definition) is 0. The molecular formula is C19H17NO4. The van der Waals surface area contributed by atoms with Gasteiger partial charge in [-0.05, 0) is 5.56 Å². The van der Waals surface area contributed by atoms with Crippen molar-refractivity contribution in [3.05, 3.63) is 84.4 Å². The van der Waals surface area contributed by atoms with Crippen LogP contribution in [0.25, 0.3) is 0 Å². The Balaban J connectivity index is 1.99. The largest absolute Gasteiger partial charge is 0.445 e. The minimum Gasteiger partial charge on any atom is -0.445 e. The summed E-state index contributed by atoms with van der Waals surface area (Å²) in [5.74, 6) is -0.481. The van der Waals surface area contributed by atoms with E-state index in [1.54, 1.807) is 24.3 Å². The predicted molar refractivity (Wildman–Crippen MR) is 87.8 cm³/mol. The average molecular weight is 323 g/mol. The number of amides is 1. The number of carbonyl (C=O) groups excluding carboxylic acids is 2. The van der Waals surface area contributed by atoms with Gasteiger partial charge in [0.25, 0.3) is 0 Å². The highest BCUT2D eigenvalue weighted by atomic mass is 16.6. The van der Waals surface area contributed by atoms with E-state index in [2.05, 4.69) is 6.58 Å². The van der Waals surface area contributed by atoms with Gasteiger partial charge in [-0.1, -0.05) is 73.3 Å². The average Bonchev–Trinajstić information content (AvgIpc) is 2.98. The van der Waals surface area contributed by atoms with Gasteiger partial charge in [-0.15, -0.1) is 0 Å². The highest BCUT2D eigenvalue weighted by Gasteiger charge is 2.47. The summed E-state index contributed by atoms with van der Waals surface area (Å²) in [4.78, 5) is 26.3. The second-order valence-electron chi connectivity index (χ2n) is 5.29. The van der Waals surface area contributed by atoms with Gasteiger partial charge in [0.15, 0.2) is 6.04 Å². The molecule has 0 aromatic heterocycles. The lowest BCUT2D eigenvalue weighted by atomic mass is 10.1. The molecule has 0 spiro atoms. The highest BCUT2D eigenvalue weighted by molar-refractivity contribution is 5.86. The second kappa shape index (κ2) is 7.00. The monoisotopic (exact) mass is 323 g/mol. The summed E-state index contributed by atoms with van der Waals surface area (Å²) < 4.78 is 10.7. The summed E-state index contributed by atoms with van der Waals surface area (Å²) in [6.45, 7) is 3.60. The van der Waals surface area contributed by atoms with Crippen molar-refractivity contribution in [3.8, 4) is 0 Å². The van der Waals surface area contributed by atoms with Crippen molar-refractivity contribution in [1.29, 1.82) is 0 Å². The maximum atomic E-state index is 12.5. The molecule has 0 N–H and O–H groups in total. The molecule has 0 unspecified atom stereocenters. The zero-order valence-corrected chi connectivity index (χ0v) is 13.0. The van der Waals surface area contributed by atoms with Crippen molar-refractivity contribution in [2.24, 2.45) is 0 Å². The second-order valence-corrected chi connectivity index (χ2v) is 5.29. The van der Waals surface area contributed by atoms with Gasteiger partial charge in [-0.2, -0.15) is 0 Å². The molecule has 1 fully saturated rings. The first-order chi connectivity index (χ1) is 11.7. The summed E-state index contributed by atoms with van der Waals surface area (Å²) >= 11 is 0. The molecule has 0 aliphatic carbocycles. The topological polar surface area (TPSA) is 55.8 Å². The van der Waals surface area contributed by atoms with E-state index < -0.39 is 24.3 Å². The zero-order chi connectivity index (χ0) is 16.9. The van der Waals surface area contributed by atoms with Crippen LogP contribution in [0.15, 0.2) is 73.3 Å². The van der Waals surface area contributed by atoms with E-state index in [1.165, 1.54) is 11.0 Å². The smallest absolute Gasteiger partial charge is 0.414 e. The molecule has 122 valence electrons. The number of benzene rings is 2. The molecule has 0 saturated carbocycles. The molecule has 2 aromatic rings. The molecule has 1 amide bonds. The van der Waals surface area contributed by atoms with Crippen molar-refractivity contribution in [2.45, 2.75) is 12.3 Å². The first-order valence-corrected chi connectivity index (χ1v) is 7.58. The third-order valence-electron chi connectivity index (χ3n) is 3.72. The van der Waals surface area contributed by atoms with Crippen molar-refractivity contribution in [3.63, 3.8) is 0 Å². The molecule has 1 saturated heterocycles. The lowest BCUT2D eigenvalue weighted by Crippen LogP contribution is -2.34. The highest BCUT2D eigenvalue weighted by Crippen LogP contribution is 2.40. The van der Waals surface area contributed by atoms with Crippen LogP contribution >= 0.6 is 0 Å². The fourth-order valence-corrected chi connectivity index (χ4v) is 2.66. The molecule has 5 nitrogen and oxygen atoms in total. The number of rotatable bonds is 4. The molecule has 1 aliphatic heterocycles. The molecule has 1 aliphatic rings. The van der Waals surface area contributed by atoms with Gasteiger partial charge in [0.05, 0.1) is 0 Å². The molecule has 1 heterocycles. The van der Waals surface area contributed by atoms with Crippen LogP contribution in [0.2, 0.25) is 0 Å². The third-order valence-corrected chi connectivity index (χ3v) is 3.72. The van der Waals surface area contributed by atoms with Crippen LogP contribution in [0.4, 0.5) is 4.79 Å². The van der Waals surface area contributed by atoms with Gasteiger partial charge < -0.3 is 9.47 Å². The van der Waals surface area contributed by atoms with Gasteiger partial charge in [0.1, 0.15) is 6.61 Å². The van der Waals surface area contributed by atoms with Gasteiger partial charge in [0, 0.05) is 5.56 Å². The van der Waals surface area contributed by atoms with Crippen molar-refractivity contribution in [1.82, 2.24) is 4.90 Å². The van der Waals surface area contributed by atoms with E-state index in [9.17, 15) is 9.59 Å². The maximum Gasteiger partial charge on any atom is 0.414 e. The first-order valence-electron chi connectivity index (χ1n) is 7.58. The fraction of sp³-hybridized carbons (Fsp3) is 0.158. The van der Waals surface area contributed by atoms with Crippen LogP contribution in [-0.4, -0.2) is 23.6 Å². The van der Waals surface area contributed by atoms with Crippen LogP contribution in [0.3, 0.4) is 0 Å². The van der Waals surface area contributed by atoms with E-state index in [1.807, 2.05) is 36.4 Å². The minimum absolute atomic E-state index is 0.0620. The van der Waals surface area contributed by atoms with Gasteiger partial charge in [-0.3, -0.25) is 0 Å². The lowest BCUT2D eigenvalue weighted by Gasteiger charge is -2.25. The van der Waals surface area contributed by atoms with E-state index in [0.29, 0.717) is 11.1 Å². The van der Waals surface area contributed by atoms with E-state index >= 15 is 0 Å². The Bertz CT molecular complexity index is 730. The Morgan fingerprint density at radius 2 is 1.67 bits per heavy atom. The third kappa shape index (κ3) is 3.01. The maximum absolute atomic E-state index is 12.5. The van der Waals surface area contributed by atoms with E-state index in [-0.39, 0.29) is 6.61 Å². The molecular weight excluding hydrogens is 306 g/mol. The van der Waals surface area contributed by atoms with Crippen LogP contribution in [-0.2, 0) is 14.3 Å². The Labute approximate surface area is 140 Å². The summed E-state index contributed by atoms with van der Waals surface area (Å²) in [5.41, 5.74) is 1.39. The number of ether oxygens (including phenoxy) is 2. The van der Waals surface area contributed by atoms with Crippen molar-refractivity contribution < 1.29 is 19.1 Å². The lowest BCUT2D eigenvalue weighted by molar-refractivity contribution is -0.143. The Morgan fingerprint density at radius 1 is 1.08 bits per heavy atom. The van der Waals surface area contributed by atoms with Gasteiger partial charge in [-0.25, -0.2) is 14.5 Å². The standard InChI is InChI=1S/C19H17NO4/c1-2-13-23-19(22)20-16(14-9-5-3-6-10-14)18(21)24-17(20)15-11-7-4-8-12-15/h2-12,16-17H,1,13H2/t16-,17+/m1/s1. The Morgan fingerprint density at radius 3 is 2.25 bits per heavy atom. The summed E-state index contributed by atoms with van der Waals surface area (Å²) in [6.07, 6.45) is 0.0378. The molecule has 24 heavy (non-hydrogen) atoms. The van der Waals surface area contributed by atoms with Crippen LogP contribution in [0.5, 0.6) is 0 Å². The molecule has 5 heteroatoms. The SMILES string of the molecule is C=CCOC(=O)N1[C@H](c2ccccc2)OC(=O)[C@H]1c1ccccc1. The quantitative estimate of drug-likeness (QED) is 0.637. The van der Waals surface area contributed by atoms with Gasteiger partial charge in [0.2, 0.25) is 6.23 Å². The molecule has 0 bridgehead atoms. The molecule has 3 rings (SSSR count). The fourth-order valence-electron chi connectivity index (χ4n) is 2.66. The van der Waals surface area contributed by atoms with Crippen LogP contribution in [0, 0.1) is 0 Å². The number of carbonyl (C=O) groups is 2. The number of hydrogen-bond acceptors (Lipinski definition) is 4. The van der Waals surface area contributed by atoms with Crippen LogP contribution in [0.1, 0.15) is 23.4 Å². The van der Waals surface area contributed by atoms with Crippen LogP contribution < -0.4 is 0 Å². The predicted octanol–water partition coefficient (Wildman–Crippen LogP) is 3.61. The van der Waals surface area contributed by atoms with Crippen molar-refractivity contribution in [2.75, 3.05) is 6.61 Å². The number of esters is 1. The summed E-state index contributed by atoms with van der Waals surface area (Å²) in [7, 11) is 0. The van der Waals surface area contributed by atoms with Gasteiger partial charge >= 0.3 is 12.1 Å². The summed E-state index contributed by atoms with van der Waals surface area (Å²) in [6, 6.07) is 17.3. The molecule has 2 atom stereocenters. The van der Waals surface area contributed by atoms with E-state index in [0.717, 1.165) is 0 Å². The Kier molecular flexibility index (Phi) is 4.61. The number of nitrogens with zero attached hydrogens (tertiary/aromatic N) is 1. The van der Waals surface area contributed by atoms with E-state index in [4.69, 9.17) is 9.47 Å². The molecule has 0 radical (unpaired) electrons. The zero-order valence-electron chi connectivity index (χ0n) is 13.0. The Hall–Kier alpha value is -3.08. The normalized spacial score (nSPS) is 19.7. The van der Waals surface area contributed by atoms with Crippen molar-refractivity contribution >= 4 is 12.1 Å². The number of cyclic esters (lactones) is 1. The first kappa shape index (κ1) is 15.8. The molecule has 2 aromatic carbocycles. The summed E-state index contributed by atoms with van der Waals surface area (Å²) in [5, 5.41) is 0.